The van der Waals surface area contributed by atoms with E-state index in [4.69, 9.17) is 5.11 Å². The standard InChI is InChI=1S/C12H16N2O3S2/c1-10(18-2)7-14-19(16,17)12-6-11(4-3-5-15)8-13-9-12/h6,8-10,14-15H,5,7H2,1-2H3. The second-order valence-electron chi connectivity index (χ2n) is 3.77. The average Bonchev–Trinajstić information content (AvgIpc) is 2.43. The largest absolute Gasteiger partial charge is 0.384 e. The van der Waals surface area contributed by atoms with E-state index >= 15 is 0 Å². The molecule has 1 aromatic heterocycles. The van der Waals surface area contributed by atoms with Gasteiger partial charge in [-0.25, -0.2) is 13.1 Å². The highest BCUT2D eigenvalue weighted by atomic mass is 32.2. The van der Waals surface area contributed by atoms with Crippen molar-refractivity contribution in [3.63, 3.8) is 0 Å². The van der Waals surface area contributed by atoms with Gasteiger partial charge in [0, 0.05) is 29.8 Å². The molecule has 0 spiro atoms. The van der Waals surface area contributed by atoms with Gasteiger partial charge in [-0.2, -0.15) is 11.8 Å². The van der Waals surface area contributed by atoms with Crippen LogP contribution in [-0.4, -0.2) is 43.2 Å². The zero-order valence-electron chi connectivity index (χ0n) is 10.8. The van der Waals surface area contributed by atoms with E-state index in [-0.39, 0.29) is 16.8 Å². The molecule has 1 aromatic rings. The molecule has 104 valence electrons. The van der Waals surface area contributed by atoms with E-state index in [0.717, 1.165) is 0 Å². The minimum atomic E-state index is -3.57. The molecule has 7 heteroatoms. The molecule has 0 aromatic carbocycles. The molecular formula is C12H16N2O3S2. The zero-order valence-corrected chi connectivity index (χ0v) is 12.4. The summed E-state index contributed by atoms with van der Waals surface area (Å²) in [5, 5.41) is 8.80. The molecule has 0 saturated carbocycles. The van der Waals surface area contributed by atoms with Crippen molar-refractivity contribution in [2.24, 2.45) is 0 Å². The van der Waals surface area contributed by atoms with Gasteiger partial charge in [0.05, 0.1) is 0 Å². The Morgan fingerprint density at radius 2 is 2.26 bits per heavy atom. The van der Waals surface area contributed by atoms with Crippen LogP contribution >= 0.6 is 11.8 Å². The van der Waals surface area contributed by atoms with Crippen LogP contribution in [0.15, 0.2) is 23.4 Å². The minimum absolute atomic E-state index is 0.0746. The Morgan fingerprint density at radius 1 is 1.53 bits per heavy atom. The monoisotopic (exact) mass is 300 g/mol. The first-order valence-corrected chi connectivity index (χ1v) is 8.34. The second kappa shape index (κ2) is 7.50. The predicted molar refractivity (Wildman–Crippen MR) is 76.4 cm³/mol. The van der Waals surface area contributed by atoms with Crippen LogP contribution in [0.25, 0.3) is 0 Å². The van der Waals surface area contributed by atoms with Gasteiger partial charge < -0.3 is 5.11 Å². The quantitative estimate of drug-likeness (QED) is 0.772. The molecule has 1 unspecified atom stereocenters. The number of nitrogens with zero attached hydrogens (tertiary/aromatic N) is 1. The Bertz CT molecular complexity index is 576. The van der Waals surface area contributed by atoms with Crippen LogP contribution in [0.3, 0.4) is 0 Å². The lowest BCUT2D eigenvalue weighted by Gasteiger charge is -2.10. The van der Waals surface area contributed by atoms with Crippen molar-refractivity contribution in [3.8, 4) is 11.8 Å². The van der Waals surface area contributed by atoms with Crippen molar-refractivity contribution in [1.29, 1.82) is 0 Å². The van der Waals surface area contributed by atoms with Crippen LogP contribution in [-0.2, 0) is 10.0 Å². The summed E-state index contributed by atoms with van der Waals surface area (Å²) < 4.78 is 26.6. The van der Waals surface area contributed by atoms with E-state index in [1.165, 1.54) is 18.5 Å². The van der Waals surface area contributed by atoms with Crippen LogP contribution in [0.4, 0.5) is 0 Å². The van der Waals surface area contributed by atoms with Crippen molar-refractivity contribution >= 4 is 21.8 Å². The third-order valence-electron chi connectivity index (χ3n) is 2.30. The molecule has 0 aliphatic heterocycles. The highest BCUT2D eigenvalue weighted by Gasteiger charge is 2.15. The van der Waals surface area contributed by atoms with Crippen LogP contribution in [0, 0.1) is 11.8 Å². The number of pyridine rings is 1. The minimum Gasteiger partial charge on any atom is -0.384 e. The highest BCUT2D eigenvalue weighted by Crippen LogP contribution is 2.10. The third kappa shape index (κ3) is 5.20. The number of aliphatic hydroxyl groups is 1. The average molecular weight is 300 g/mol. The van der Waals surface area contributed by atoms with Gasteiger partial charge in [-0.05, 0) is 12.3 Å². The van der Waals surface area contributed by atoms with Crippen LogP contribution in [0.5, 0.6) is 0 Å². The Balaban J connectivity index is 2.89. The number of nitrogens with one attached hydrogen (secondary N) is 1. The second-order valence-corrected chi connectivity index (χ2v) is 6.81. The molecule has 5 nitrogen and oxygen atoms in total. The molecule has 1 heterocycles. The van der Waals surface area contributed by atoms with Gasteiger partial charge in [0.2, 0.25) is 10.0 Å². The van der Waals surface area contributed by atoms with Gasteiger partial charge in [0.15, 0.2) is 0 Å². The molecule has 0 radical (unpaired) electrons. The van der Waals surface area contributed by atoms with Gasteiger partial charge >= 0.3 is 0 Å². The number of hydrogen-bond acceptors (Lipinski definition) is 5. The summed E-state index contributed by atoms with van der Waals surface area (Å²) >= 11 is 1.58. The van der Waals surface area contributed by atoms with E-state index in [2.05, 4.69) is 21.5 Å². The summed E-state index contributed by atoms with van der Waals surface area (Å²) in [5.41, 5.74) is 0.454. The van der Waals surface area contributed by atoms with E-state index in [0.29, 0.717) is 12.1 Å². The highest BCUT2D eigenvalue weighted by molar-refractivity contribution is 7.99. The first kappa shape index (κ1) is 16.0. The Morgan fingerprint density at radius 3 is 2.89 bits per heavy atom. The SMILES string of the molecule is CSC(C)CNS(=O)(=O)c1cncc(C#CCO)c1. The van der Waals surface area contributed by atoms with Crippen LogP contribution in [0.2, 0.25) is 0 Å². The van der Waals surface area contributed by atoms with Crippen LogP contribution in [0.1, 0.15) is 12.5 Å². The predicted octanol–water partition coefficient (Wildman–Crippen LogP) is 0.455. The fourth-order valence-electron chi connectivity index (χ4n) is 1.17. The summed E-state index contributed by atoms with van der Waals surface area (Å²) in [4.78, 5) is 3.92. The van der Waals surface area contributed by atoms with Gasteiger partial charge in [0.25, 0.3) is 0 Å². The van der Waals surface area contributed by atoms with E-state index in [9.17, 15) is 8.42 Å². The lowest BCUT2D eigenvalue weighted by molar-refractivity contribution is 0.350. The van der Waals surface area contributed by atoms with Gasteiger partial charge in [-0.3, -0.25) is 4.98 Å². The Labute approximate surface area is 117 Å². The molecule has 1 atom stereocenters. The van der Waals surface area contributed by atoms with Crippen molar-refractivity contribution in [2.75, 3.05) is 19.4 Å². The first-order valence-electron chi connectivity index (χ1n) is 5.57. The van der Waals surface area contributed by atoms with Crippen LogP contribution < -0.4 is 4.72 Å². The smallest absolute Gasteiger partial charge is 0.242 e. The maximum atomic E-state index is 12.0. The van der Waals surface area contributed by atoms with Gasteiger partial charge in [-0.15, -0.1) is 0 Å². The number of thioether (sulfide) groups is 1. The zero-order chi connectivity index (χ0) is 14.3. The molecular weight excluding hydrogens is 284 g/mol. The summed E-state index contributed by atoms with van der Waals surface area (Å²) in [6, 6.07) is 1.43. The van der Waals surface area contributed by atoms with E-state index in [1.807, 2.05) is 13.2 Å². The first-order chi connectivity index (χ1) is 8.99. The van der Waals surface area contributed by atoms with E-state index in [1.54, 1.807) is 11.8 Å². The molecule has 19 heavy (non-hydrogen) atoms. The van der Waals surface area contributed by atoms with E-state index < -0.39 is 10.0 Å². The maximum Gasteiger partial charge on any atom is 0.242 e. The summed E-state index contributed by atoms with van der Waals surface area (Å²) in [7, 11) is -3.57. The van der Waals surface area contributed by atoms with Gasteiger partial charge in [-0.1, -0.05) is 18.8 Å². The summed E-state index contributed by atoms with van der Waals surface area (Å²) in [6.07, 6.45) is 4.65. The number of rotatable bonds is 5. The fourth-order valence-corrected chi connectivity index (χ4v) is 2.64. The number of aliphatic hydroxyl groups excluding tert-OH is 1. The normalized spacial score (nSPS) is 12.6. The number of sulfonamides is 1. The molecule has 0 saturated heterocycles. The fraction of sp³-hybridized carbons (Fsp3) is 0.417. The third-order valence-corrected chi connectivity index (χ3v) is 4.66. The van der Waals surface area contributed by atoms with Crippen molar-refractivity contribution in [3.05, 3.63) is 24.0 Å². The number of aromatic nitrogens is 1. The lowest BCUT2D eigenvalue weighted by Crippen LogP contribution is -2.29. The number of hydrogen-bond donors (Lipinski definition) is 2. The maximum absolute atomic E-state index is 12.0. The molecule has 0 amide bonds. The summed E-state index contributed by atoms with van der Waals surface area (Å²) in [5.74, 6) is 5.07. The molecule has 0 aliphatic rings. The molecule has 2 N–H and O–H groups in total. The van der Waals surface area contributed by atoms with Crippen molar-refractivity contribution < 1.29 is 13.5 Å². The topological polar surface area (TPSA) is 79.3 Å². The van der Waals surface area contributed by atoms with Gasteiger partial charge in [0.1, 0.15) is 11.5 Å². The van der Waals surface area contributed by atoms with Crippen molar-refractivity contribution in [2.45, 2.75) is 17.1 Å². The molecule has 0 aliphatic carbocycles. The molecule has 1 rings (SSSR count). The Hall–Kier alpha value is -1.07. The summed E-state index contributed by atoms with van der Waals surface area (Å²) in [6.45, 7) is 2.02. The Kier molecular flexibility index (Phi) is 6.31. The van der Waals surface area contributed by atoms with Crippen molar-refractivity contribution in [1.82, 2.24) is 9.71 Å². The molecule has 0 fully saturated rings. The molecule has 0 bridgehead atoms. The lowest BCUT2D eigenvalue weighted by atomic mass is 10.3.